The zero-order valence-corrected chi connectivity index (χ0v) is 15.5. The molecular weight excluding hydrogens is 384 g/mol. The molecule has 7 nitrogen and oxygen atoms in total. The van der Waals surface area contributed by atoms with Crippen LogP contribution in [-0.2, 0) is 0 Å². The molecule has 0 aliphatic carbocycles. The first-order valence-corrected chi connectivity index (χ1v) is 8.28. The number of aromatic nitrogens is 1. The highest BCUT2D eigenvalue weighted by Crippen LogP contribution is 2.19. The van der Waals surface area contributed by atoms with Gasteiger partial charge in [0.2, 0.25) is 0 Å². The third-order valence-electron chi connectivity index (χ3n) is 3.11. The lowest BCUT2D eigenvalue weighted by Crippen LogP contribution is -2.39. The van der Waals surface area contributed by atoms with Gasteiger partial charge in [-0.15, -0.1) is 0 Å². The number of carboxylic acid groups (broad SMARTS) is 1. The molecule has 1 aromatic heterocycles. The van der Waals surface area contributed by atoms with E-state index in [9.17, 15) is 9.59 Å². The van der Waals surface area contributed by atoms with Crippen molar-refractivity contribution in [3.8, 4) is 0 Å². The Hall–Kier alpha value is -1.74. The Morgan fingerprint density at radius 2 is 2.13 bits per heavy atom. The lowest BCUT2D eigenvalue weighted by atomic mass is 10.2. The fourth-order valence-electron chi connectivity index (χ4n) is 1.65. The molecule has 0 saturated carbocycles. The number of rotatable bonds is 5. The van der Waals surface area contributed by atoms with Crippen molar-refractivity contribution in [2.75, 3.05) is 11.9 Å². The van der Waals surface area contributed by atoms with E-state index in [4.69, 9.17) is 17.3 Å². The highest BCUT2D eigenvalue weighted by atomic mass is 79.9. The van der Waals surface area contributed by atoms with Crippen LogP contribution in [0.2, 0.25) is 0 Å². The Morgan fingerprint density at radius 3 is 2.65 bits per heavy atom. The monoisotopic (exact) mass is 402 g/mol. The molecular formula is C14H19BrN4O3S. The molecule has 1 heterocycles. The molecule has 0 aliphatic rings. The van der Waals surface area contributed by atoms with Gasteiger partial charge in [-0.2, -0.15) is 0 Å². The second-order valence-electron chi connectivity index (χ2n) is 4.79. The minimum Gasteiger partial charge on any atom is -0.465 e. The quantitative estimate of drug-likeness (QED) is 0.655. The maximum absolute atomic E-state index is 12.4. The van der Waals surface area contributed by atoms with Gasteiger partial charge in [0.05, 0.1) is 5.56 Å². The highest BCUT2D eigenvalue weighted by Gasteiger charge is 2.20. The molecule has 9 heteroatoms. The van der Waals surface area contributed by atoms with Gasteiger partial charge >= 0.3 is 6.09 Å². The maximum Gasteiger partial charge on any atom is 0.413 e. The van der Waals surface area contributed by atoms with E-state index in [0.29, 0.717) is 4.47 Å². The van der Waals surface area contributed by atoms with Crippen LogP contribution in [0.25, 0.3) is 0 Å². The second kappa shape index (κ2) is 8.78. The standard InChI is InChI=1S/C14H19BrN4O3S/c1-4-8(3)17-12(20)10-6-9(15)7-16-11(10)18-13(23)19(5-2)14(21)22/h6-8H,4-5H2,1-3H3,(H,17,20)(H,21,22)(H,16,18,23). The zero-order chi connectivity index (χ0) is 17.6. The molecule has 1 unspecified atom stereocenters. The van der Waals surface area contributed by atoms with Crippen LogP contribution in [0.15, 0.2) is 16.7 Å². The summed E-state index contributed by atoms with van der Waals surface area (Å²) in [5.41, 5.74) is 0.281. The van der Waals surface area contributed by atoms with E-state index in [1.54, 1.807) is 13.0 Å². The lowest BCUT2D eigenvalue weighted by molar-refractivity contribution is 0.0939. The van der Waals surface area contributed by atoms with Crippen LogP contribution >= 0.6 is 28.1 Å². The molecule has 1 aromatic rings. The summed E-state index contributed by atoms with van der Waals surface area (Å²) in [5, 5.41) is 14.6. The summed E-state index contributed by atoms with van der Waals surface area (Å²) in [6, 6.07) is 1.61. The summed E-state index contributed by atoms with van der Waals surface area (Å²) < 4.78 is 0.633. The molecule has 2 amide bonds. The fourth-order valence-corrected chi connectivity index (χ4v) is 2.29. The molecule has 1 rings (SSSR count). The Morgan fingerprint density at radius 1 is 1.48 bits per heavy atom. The fraction of sp³-hybridized carbons (Fsp3) is 0.429. The minimum absolute atomic E-state index is 0.00689. The van der Waals surface area contributed by atoms with E-state index in [0.717, 1.165) is 11.3 Å². The molecule has 0 bridgehead atoms. The number of nitrogens with one attached hydrogen (secondary N) is 2. The van der Waals surface area contributed by atoms with Gasteiger partial charge < -0.3 is 15.7 Å². The van der Waals surface area contributed by atoms with Gasteiger partial charge in [-0.05, 0) is 54.5 Å². The zero-order valence-electron chi connectivity index (χ0n) is 13.1. The smallest absolute Gasteiger partial charge is 0.413 e. The molecule has 0 radical (unpaired) electrons. The Kier molecular flexibility index (Phi) is 7.37. The summed E-state index contributed by atoms with van der Waals surface area (Å²) in [6.45, 7) is 5.70. The van der Waals surface area contributed by atoms with Crippen LogP contribution < -0.4 is 10.6 Å². The van der Waals surface area contributed by atoms with Crippen molar-refractivity contribution in [2.24, 2.45) is 0 Å². The molecule has 23 heavy (non-hydrogen) atoms. The Labute approximate surface area is 148 Å². The first-order valence-electron chi connectivity index (χ1n) is 7.07. The maximum atomic E-state index is 12.4. The van der Waals surface area contributed by atoms with Crippen LogP contribution in [-0.4, -0.2) is 44.7 Å². The number of thiocarbonyl (C=S) groups is 1. The third-order valence-corrected chi connectivity index (χ3v) is 3.86. The summed E-state index contributed by atoms with van der Waals surface area (Å²) >= 11 is 8.35. The summed E-state index contributed by atoms with van der Waals surface area (Å²) in [4.78, 5) is 28.5. The largest absolute Gasteiger partial charge is 0.465 e. The average molecular weight is 403 g/mol. The molecule has 0 spiro atoms. The Bertz CT molecular complexity index is 612. The third kappa shape index (κ3) is 5.43. The van der Waals surface area contributed by atoms with Crippen molar-refractivity contribution >= 4 is 51.1 Å². The molecule has 1 atom stereocenters. The van der Waals surface area contributed by atoms with Crippen LogP contribution in [0.3, 0.4) is 0 Å². The number of halogens is 1. The predicted molar refractivity (Wildman–Crippen MR) is 95.8 cm³/mol. The van der Waals surface area contributed by atoms with E-state index in [2.05, 4.69) is 31.5 Å². The minimum atomic E-state index is -1.17. The van der Waals surface area contributed by atoms with Crippen molar-refractivity contribution in [1.29, 1.82) is 0 Å². The SMILES string of the molecule is CCC(C)NC(=O)c1cc(Br)cnc1NC(=S)N(CC)C(=O)O. The number of hydrogen-bond donors (Lipinski definition) is 3. The molecule has 0 saturated heterocycles. The summed E-state index contributed by atoms with van der Waals surface area (Å²) in [7, 11) is 0. The van der Waals surface area contributed by atoms with E-state index in [-0.39, 0.29) is 35.0 Å². The number of hydrogen-bond acceptors (Lipinski definition) is 4. The van der Waals surface area contributed by atoms with Gasteiger partial charge in [-0.1, -0.05) is 6.92 Å². The molecule has 3 N–H and O–H groups in total. The highest BCUT2D eigenvalue weighted by molar-refractivity contribution is 9.10. The van der Waals surface area contributed by atoms with Crippen molar-refractivity contribution in [1.82, 2.24) is 15.2 Å². The number of amides is 2. The molecule has 126 valence electrons. The second-order valence-corrected chi connectivity index (χ2v) is 6.09. The van der Waals surface area contributed by atoms with Crippen LogP contribution in [0, 0.1) is 0 Å². The predicted octanol–water partition coefficient (Wildman–Crippen LogP) is 3.07. The number of carbonyl (C=O) groups is 2. The number of carbonyl (C=O) groups excluding carboxylic acids is 1. The van der Waals surface area contributed by atoms with Crippen molar-refractivity contribution in [3.63, 3.8) is 0 Å². The van der Waals surface area contributed by atoms with Crippen molar-refractivity contribution in [2.45, 2.75) is 33.2 Å². The molecule has 0 fully saturated rings. The van der Waals surface area contributed by atoms with Gasteiger partial charge in [0.1, 0.15) is 5.82 Å². The van der Waals surface area contributed by atoms with E-state index in [1.807, 2.05) is 13.8 Å². The number of nitrogens with zero attached hydrogens (tertiary/aromatic N) is 2. The van der Waals surface area contributed by atoms with Gasteiger partial charge in [0.15, 0.2) is 5.11 Å². The topological polar surface area (TPSA) is 94.6 Å². The first-order chi connectivity index (χ1) is 10.8. The van der Waals surface area contributed by atoms with Crippen LogP contribution in [0.4, 0.5) is 10.6 Å². The summed E-state index contributed by atoms with van der Waals surface area (Å²) in [6.07, 6.45) is 1.12. The van der Waals surface area contributed by atoms with E-state index >= 15 is 0 Å². The van der Waals surface area contributed by atoms with Crippen LogP contribution in [0.5, 0.6) is 0 Å². The number of anilines is 1. The molecule has 0 aromatic carbocycles. The van der Waals surface area contributed by atoms with Crippen LogP contribution in [0.1, 0.15) is 37.6 Å². The van der Waals surface area contributed by atoms with Gasteiger partial charge in [-0.3, -0.25) is 9.69 Å². The van der Waals surface area contributed by atoms with Gasteiger partial charge in [-0.25, -0.2) is 9.78 Å². The average Bonchev–Trinajstić information content (AvgIpc) is 2.49. The first kappa shape index (κ1) is 19.3. The Balaban J connectivity index is 3.05. The normalized spacial score (nSPS) is 11.5. The van der Waals surface area contributed by atoms with E-state index in [1.165, 1.54) is 6.20 Å². The van der Waals surface area contributed by atoms with Crippen molar-refractivity contribution in [3.05, 3.63) is 22.3 Å². The van der Waals surface area contributed by atoms with Crippen molar-refractivity contribution < 1.29 is 14.7 Å². The summed E-state index contributed by atoms with van der Waals surface area (Å²) in [5.74, 6) is -0.101. The number of pyridine rings is 1. The van der Waals surface area contributed by atoms with Gasteiger partial charge in [0, 0.05) is 23.3 Å². The van der Waals surface area contributed by atoms with E-state index < -0.39 is 6.09 Å². The lowest BCUT2D eigenvalue weighted by Gasteiger charge is -2.20. The van der Waals surface area contributed by atoms with Gasteiger partial charge in [0.25, 0.3) is 5.91 Å². The molecule has 0 aliphatic heterocycles.